The van der Waals surface area contributed by atoms with Gasteiger partial charge in [-0.25, -0.2) is 12.8 Å². The van der Waals surface area contributed by atoms with E-state index in [4.69, 9.17) is 0 Å². The molecule has 1 heterocycles. The molecular formula is C38H44FN5O6S. The molecule has 270 valence electrons. The average Bonchev–Trinajstić information content (AvgIpc) is 3.33. The first kappa shape index (κ1) is 38.7. The summed E-state index contributed by atoms with van der Waals surface area (Å²) in [5.41, 5.74) is 2.17. The van der Waals surface area contributed by atoms with E-state index in [0.29, 0.717) is 12.1 Å². The van der Waals surface area contributed by atoms with Gasteiger partial charge in [0.25, 0.3) is 11.8 Å². The van der Waals surface area contributed by atoms with E-state index >= 15 is 0 Å². The van der Waals surface area contributed by atoms with Crippen LogP contribution in [0.5, 0.6) is 0 Å². The number of amides is 3. The highest BCUT2D eigenvalue weighted by atomic mass is 32.2. The lowest BCUT2D eigenvalue weighted by molar-refractivity contribution is -0.133. The van der Waals surface area contributed by atoms with Crippen LogP contribution in [0.1, 0.15) is 51.3 Å². The number of hydrogen-bond acceptors (Lipinski definition) is 7. The highest BCUT2D eigenvalue weighted by Gasteiger charge is 2.47. The summed E-state index contributed by atoms with van der Waals surface area (Å²) in [5, 5.41) is 19.3. The molecule has 0 aromatic heterocycles. The van der Waals surface area contributed by atoms with Crippen LogP contribution in [-0.4, -0.2) is 73.8 Å². The molecule has 2 unspecified atom stereocenters. The van der Waals surface area contributed by atoms with Crippen molar-refractivity contribution in [1.29, 1.82) is 0 Å². The Morgan fingerprint density at radius 1 is 0.902 bits per heavy atom. The first-order valence-electron chi connectivity index (χ1n) is 16.3. The van der Waals surface area contributed by atoms with Crippen LogP contribution in [0.2, 0.25) is 0 Å². The summed E-state index contributed by atoms with van der Waals surface area (Å²) in [6, 6.07) is 28.2. The number of carbonyl (C=O) groups is 3. The lowest BCUT2D eigenvalue weighted by Gasteiger charge is -2.31. The van der Waals surface area contributed by atoms with Crippen molar-refractivity contribution in [1.82, 2.24) is 20.9 Å². The maximum absolute atomic E-state index is 13.3. The number of sulfonamides is 1. The number of carbonyl (C=O) groups excluding carboxylic acids is 3. The van der Waals surface area contributed by atoms with Crippen molar-refractivity contribution in [3.05, 3.63) is 137 Å². The summed E-state index contributed by atoms with van der Waals surface area (Å²) in [6.45, 7) is 5.84. The van der Waals surface area contributed by atoms with Gasteiger partial charge in [0, 0.05) is 37.8 Å². The second-order valence-electron chi connectivity index (χ2n) is 12.8. The van der Waals surface area contributed by atoms with Crippen LogP contribution < -0.4 is 20.3 Å². The highest BCUT2D eigenvalue weighted by molar-refractivity contribution is 7.92. The van der Waals surface area contributed by atoms with Crippen molar-refractivity contribution in [2.75, 3.05) is 24.2 Å². The molecular weight excluding hydrogens is 674 g/mol. The fourth-order valence-electron chi connectivity index (χ4n) is 5.35. The molecule has 2 atom stereocenters. The Morgan fingerprint density at radius 2 is 1.45 bits per heavy atom. The summed E-state index contributed by atoms with van der Waals surface area (Å²) in [6.07, 6.45) is -0.301. The fraction of sp³-hybridized carbons (Fsp3) is 0.289. The number of aliphatic hydroxyl groups is 1. The Balaban J connectivity index is 0.000000742. The highest BCUT2D eigenvalue weighted by Crippen LogP contribution is 2.25. The minimum Gasteiger partial charge on any atom is -0.389 e. The van der Waals surface area contributed by atoms with Crippen molar-refractivity contribution in [2.45, 2.75) is 51.7 Å². The van der Waals surface area contributed by atoms with Crippen LogP contribution >= 0.6 is 0 Å². The molecule has 1 saturated heterocycles. The Bertz CT molecular complexity index is 1930. The van der Waals surface area contributed by atoms with Gasteiger partial charge in [0.05, 0.1) is 23.7 Å². The van der Waals surface area contributed by atoms with E-state index < -0.39 is 45.5 Å². The normalized spacial score (nSPS) is 15.7. The Kier molecular flexibility index (Phi) is 12.7. The van der Waals surface area contributed by atoms with Gasteiger partial charge in [0.2, 0.25) is 15.9 Å². The topological polar surface area (TPSA) is 148 Å². The molecule has 0 saturated carbocycles. The zero-order chi connectivity index (χ0) is 37.3. The Hall–Kier alpha value is -5.11. The Labute approximate surface area is 298 Å². The number of aryl methyl sites for hydroxylation is 1. The number of aliphatic hydroxyl groups excluding tert-OH is 1. The number of anilines is 1. The van der Waals surface area contributed by atoms with E-state index in [1.807, 2.05) is 62.4 Å². The van der Waals surface area contributed by atoms with Crippen LogP contribution in [0.4, 0.5) is 10.1 Å². The number of nitrogens with one attached hydrogen (secondary N) is 3. The Morgan fingerprint density at radius 3 is 1.98 bits per heavy atom. The van der Waals surface area contributed by atoms with Crippen molar-refractivity contribution in [3.8, 4) is 0 Å². The van der Waals surface area contributed by atoms with Crippen LogP contribution in [-0.2, 0) is 27.9 Å². The molecule has 13 heteroatoms. The minimum absolute atomic E-state index is 0.0109. The lowest BCUT2D eigenvalue weighted by Crippen LogP contribution is -2.50. The molecule has 1 aliphatic rings. The van der Waals surface area contributed by atoms with Gasteiger partial charge in [-0.15, -0.1) is 0 Å². The van der Waals surface area contributed by atoms with Crippen molar-refractivity contribution in [3.63, 3.8) is 0 Å². The first-order valence-corrected chi connectivity index (χ1v) is 18.1. The molecule has 5 rings (SSSR count). The molecule has 1 aliphatic heterocycles. The predicted molar refractivity (Wildman–Crippen MR) is 195 cm³/mol. The van der Waals surface area contributed by atoms with Crippen LogP contribution in [0.3, 0.4) is 0 Å². The predicted octanol–water partition coefficient (Wildman–Crippen LogP) is 3.97. The van der Waals surface area contributed by atoms with Crippen LogP contribution in [0.15, 0.2) is 103 Å². The van der Waals surface area contributed by atoms with Crippen molar-refractivity contribution >= 4 is 33.4 Å². The molecule has 0 bridgehead atoms. The van der Waals surface area contributed by atoms with Crippen LogP contribution in [0.25, 0.3) is 0 Å². The zero-order valence-electron chi connectivity index (χ0n) is 29.3. The monoisotopic (exact) mass is 717 g/mol. The second kappa shape index (κ2) is 16.7. The van der Waals surface area contributed by atoms with Gasteiger partial charge in [-0.3, -0.25) is 24.0 Å². The first-order chi connectivity index (χ1) is 24.0. The van der Waals surface area contributed by atoms with Crippen molar-refractivity contribution < 1.29 is 32.3 Å². The quantitative estimate of drug-likeness (QED) is 0.184. The smallest absolute Gasteiger partial charge is 0.251 e. The van der Waals surface area contributed by atoms with E-state index in [0.717, 1.165) is 16.1 Å². The SMILES string of the molecule is CN(c1cc(C(=O)NCc2ccc(F)cc2)cc(C(=O)NCC(O)C2NC(C)(C)N(Cc3ccccc3)C2=O)c1)S(C)(=O)=O.Cc1ccccc1. The molecule has 1 fully saturated rings. The average molecular weight is 718 g/mol. The van der Waals surface area contributed by atoms with Gasteiger partial charge in [-0.1, -0.05) is 78.4 Å². The number of nitrogens with zero attached hydrogens (tertiary/aromatic N) is 2. The van der Waals surface area contributed by atoms with E-state index in [2.05, 4.69) is 35.0 Å². The summed E-state index contributed by atoms with van der Waals surface area (Å²) < 4.78 is 38.6. The minimum atomic E-state index is -3.74. The molecule has 3 amide bonds. The van der Waals surface area contributed by atoms with Gasteiger partial charge in [0.1, 0.15) is 11.9 Å². The maximum Gasteiger partial charge on any atom is 0.251 e. The second-order valence-corrected chi connectivity index (χ2v) is 14.8. The van der Waals surface area contributed by atoms with Gasteiger partial charge in [-0.2, -0.15) is 0 Å². The van der Waals surface area contributed by atoms with Crippen LogP contribution in [0, 0.1) is 12.7 Å². The van der Waals surface area contributed by atoms with E-state index in [1.165, 1.54) is 55.1 Å². The lowest BCUT2D eigenvalue weighted by atomic mass is 10.1. The maximum atomic E-state index is 13.3. The number of benzene rings is 4. The standard InChI is InChI=1S/C31H36FN5O6S.C7H8/c1-31(2)35-27(30(41)37(31)19-21-8-6-5-7-9-21)26(38)18-34-29(40)23-14-22(15-25(16-23)36(3)44(4,42)43)28(39)33-17-20-10-12-24(32)13-11-20;1-7-5-3-2-4-6-7/h5-16,26-27,35,38H,17-19H2,1-4H3,(H,33,39)(H,34,40);2-6H,1H3. The van der Waals surface area contributed by atoms with E-state index in [9.17, 15) is 32.3 Å². The summed E-state index contributed by atoms with van der Waals surface area (Å²) in [4.78, 5) is 41.1. The van der Waals surface area contributed by atoms with E-state index in [-0.39, 0.29) is 35.8 Å². The van der Waals surface area contributed by atoms with Gasteiger partial charge >= 0.3 is 0 Å². The number of rotatable bonds is 11. The van der Waals surface area contributed by atoms with Gasteiger partial charge in [0.15, 0.2) is 0 Å². The van der Waals surface area contributed by atoms with Crippen molar-refractivity contribution in [2.24, 2.45) is 0 Å². The molecule has 0 radical (unpaired) electrons. The number of hydrogen-bond donors (Lipinski definition) is 4. The molecule has 4 N–H and O–H groups in total. The largest absolute Gasteiger partial charge is 0.389 e. The third kappa shape index (κ3) is 10.7. The molecule has 4 aromatic rings. The molecule has 4 aromatic carbocycles. The van der Waals surface area contributed by atoms with Gasteiger partial charge in [-0.05, 0) is 62.2 Å². The molecule has 0 aliphatic carbocycles. The third-order valence-corrected chi connectivity index (χ3v) is 9.57. The molecule has 0 spiro atoms. The zero-order valence-corrected chi connectivity index (χ0v) is 30.1. The number of halogens is 1. The van der Waals surface area contributed by atoms with E-state index in [1.54, 1.807) is 4.90 Å². The molecule has 51 heavy (non-hydrogen) atoms. The fourth-order valence-corrected chi connectivity index (χ4v) is 5.84. The summed E-state index contributed by atoms with van der Waals surface area (Å²) >= 11 is 0. The third-order valence-electron chi connectivity index (χ3n) is 8.37. The summed E-state index contributed by atoms with van der Waals surface area (Å²) in [7, 11) is -2.45. The molecule has 11 nitrogen and oxygen atoms in total. The summed E-state index contributed by atoms with van der Waals surface area (Å²) in [5.74, 6) is -2.02. The van der Waals surface area contributed by atoms with Gasteiger partial charge < -0.3 is 20.6 Å².